The van der Waals surface area contributed by atoms with Crippen LogP contribution in [0.4, 0.5) is 10.1 Å². The standard InChI is InChI=1S/C17H13FIN5O/c18-11-4-7-14(15(19)9-11)17(25)20-12-3-1-2-10(8-12)16-21-22-23-24(16)13-5-6-13/h1-4,7-9,13H,5-6H2,(H,20,25). The van der Waals surface area contributed by atoms with Crippen LogP contribution in [0, 0.1) is 9.39 Å². The van der Waals surface area contributed by atoms with E-state index < -0.39 is 0 Å². The maximum atomic E-state index is 13.2. The molecular formula is C17H13FIN5O. The number of hydrogen-bond donors (Lipinski definition) is 1. The van der Waals surface area contributed by atoms with Crippen molar-refractivity contribution in [2.75, 3.05) is 5.32 Å². The molecule has 4 rings (SSSR count). The third kappa shape index (κ3) is 3.39. The van der Waals surface area contributed by atoms with Crippen LogP contribution in [-0.2, 0) is 0 Å². The number of rotatable bonds is 4. The number of hydrogen-bond acceptors (Lipinski definition) is 4. The Morgan fingerprint density at radius 1 is 1.24 bits per heavy atom. The summed E-state index contributed by atoms with van der Waals surface area (Å²) in [7, 11) is 0. The SMILES string of the molecule is O=C(Nc1cccc(-c2nnnn2C2CC2)c1)c1ccc(F)cc1I. The molecule has 6 nitrogen and oxygen atoms in total. The number of aromatic nitrogens is 4. The molecule has 3 aromatic rings. The molecule has 1 N–H and O–H groups in total. The van der Waals surface area contributed by atoms with Crippen LogP contribution in [0.1, 0.15) is 29.2 Å². The van der Waals surface area contributed by atoms with Crippen molar-refractivity contribution >= 4 is 34.2 Å². The van der Waals surface area contributed by atoms with Gasteiger partial charge < -0.3 is 5.32 Å². The van der Waals surface area contributed by atoms with Gasteiger partial charge in [0.15, 0.2) is 5.82 Å². The van der Waals surface area contributed by atoms with Gasteiger partial charge in [-0.3, -0.25) is 4.79 Å². The Labute approximate surface area is 156 Å². The first-order valence-corrected chi connectivity index (χ1v) is 8.84. The van der Waals surface area contributed by atoms with E-state index in [1.807, 2.05) is 45.5 Å². The van der Waals surface area contributed by atoms with E-state index in [4.69, 9.17) is 0 Å². The van der Waals surface area contributed by atoms with Crippen molar-refractivity contribution in [3.63, 3.8) is 0 Å². The third-order valence-electron chi connectivity index (χ3n) is 3.94. The van der Waals surface area contributed by atoms with Gasteiger partial charge in [-0.1, -0.05) is 12.1 Å². The lowest BCUT2D eigenvalue weighted by molar-refractivity contribution is 0.102. The summed E-state index contributed by atoms with van der Waals surface area (Å²) < 4.78 is 15.6. The number of carbonyl (C=O) groups excluding carboxylic acids is 1. The number of amides is 1. The van der Waals surface area contributed by atoms with Crippen molar-refractivity contribution < 1.29 is 9.18 Å². The lowest BCUT2D eigenvalue weighted by Gasteiger charge is -2.09. The molecule has 0 unspecified atom stereocenters. The van der Waals surface area contributed by atoms with E-state index in [9.17, 15) is 9.18 Å². The summed E-state index contributed by atoms with van der Waals surface area (Å²) in [6, 6.07) is 11.8. The van der Waals surface area contributed by atoms with Crippen LogP contribution in [0.5, 0.6) is 0 Å². The number of carbonyl (C=O) groups is 1. The van der Waals surface area contributed by atoms with Crippen molar-refractivity contribution in [1.29, 1.82) is 0 Å². The van der Waals surface area contributed by atoms with Gasteiger partial charge in [0.05, 0.1) is 11.6 Å². The van der Waals surface area contributed by atoms with E-state index in [-0.39, 0.29) is 11.7 Å². The maximum Gasteiger partial charge on any atom is 0.256 e. The maximum absolute atomic E-state index is 13.2. The smallest absolute Gasteiger partial charge is 0.256 e. The van der Waals surface area contributed by atoms with Crippen LogP contribution in [0.15, 0.2) is 42.5 Å². The minimum absolute atomic E-state index is 0.289. The predicted octanol–water partition coefficient (Wildman–Crippen LogP) is 3.67. The van der Waals surface area contributed by atoms with Gasteiger partial charge in [-0.2, -0.15) is 0 Å². The van der Waals surface area contributed by atoms with Crippen LogP contribution in [-0.4, -0.2) is 26.1 Å². The zero-order chi connectivity index (χ0) is 17.4. The second-order valence-corrected chi connectivity index (χ2v) is 7.00. The van der Waals surface area contributed by atoms with E-state index in [1.165, 1.54) is 18.2 Å². The van der Waals surface area contributed by atoms with Crippen molar-refractivity contribution in [1.82, 2.24) is 20.2 Å². The van der Waals surface area contributed by atoms with Crippen molar-refractivity contribution in [2.24, 2.45) is 0 Å². The molecule has 1 fully saturated rings. The highest BCUT2D eigenvalue weighted by Gasteiger charge is 2.28. The fraction of sp³-hybridized carbons (Fsp3) is 0.176. The second kappa shape index (κ2) is 6.51. The summed E-state index contributed by atoms with van der Waals surface area (Å²) in [5.41, 5.74) is 1.90. The Balaban J connectivity index is 1.59. The Morgan fingerprint density at radius 3 is 2.84 bits per heavy atom. The fourth-order valence-corrected chi connectivity index (χ4v) is 3.28. The summed E-state index contributed by atoms with van der Waals surface area (Å²) >= 11 is 1.95. The van der Waals surface area contributed by atoms with Crippen molar-refractivity contribution in [3.05, 3.63) is 57.4 Å². The quantitative estimate of drug-likeness (QED) is 0.618. The van der Waals surface area contributed by atoms with Crippen LogP contribution >= 0.6 is 22.6 Å². The Kier molecular flexibility index (Phi) is 4.20. The van der Waals surface area contributed by atoms with Gasteiger partial charge in [0.1, 0.15) is 5.82 Å². The minimum atomic E-state index is -0.366. The molecule has 0 radical (unpaired) electrons. The Hall–Kier alpha value is -2.36. The number of anilines is 1. The van der Waals surface area contributed by atoms with Crippen LogP contribution < -0.4 is 5.32 Å². The fourth-order valence-electron chi connectivity index (χ4n) is 2.56. The van der Waals surface area contributed by atoms with E-state index >= 15 is 0 Å². The highest BCUT2D eigenvalue weighted by Crippen LogP contribution is 2.36. The number of halogens is 2. The zero-order valence-electron chi connectivity index (χ0n) is 13.0. The highest BCUT2D eigenvalue weighted by molar-refractivity contribution is 14.1. The molecule has 1 amide bonds. The van der Waals surface area contributed by atoms with Gasteiger partial charge in [0, 0.05) is 14.8 Å². The summed E-state index contributed by atoms with van der Waals surface area (Å²) in [6.45, 7) is 0. The first kappa shape index (κ1) is 16.1. The molecule has 1 aromatic heterocycles. The molecule has 0 saturated heterocycles. The minimum Gasteiger partial charge on any atom is -0.322 e. The largest absolute Gasteiger partial charge is 0.322 e. The molecule has 1 saturated carbocycles. The lowest BCUT2D eigenvalue weighted by atomic mass is 10.1. The Morgan fingerprint density at radius 2 is 2.08 bits per heavy atom. The van der Waals surface area contributed by atoms with Gasteiger partial charge in [-0.15, -0.1) is 5.10 Å². The molecule has 1 aliphatic carbocycles. The molecule has 2 aromatic carbocycles. The van der Waals surface area contributed by atoms with E-state index in [0.29, 0.717) is 26.7 Å². The van der Waals surface area contributed by atoms with Crippen LogP contribution in [0.2, 0.25) is 0 Å². The predicted molar refractivity (Wildman–Crippen MR) is 98.6 cm³/mol. The van der Waals surface area contributed by atoms with Crippen LogP contribution in [0.3, 0.4) is 0 Å². The van der Waals surface area contributed by atoms with Crippen molar-refractivity contribution in [3.8, 4) is 11.4 Å². The topological polar surface area (TPSA) is 72.7 Å². The average molecular weight is 449 g/mol. The lowest BCUT2D eigenvalue weighted by Crippen LogP contribution is -2.13. The number of tetrazole rings is 1. The second-order valence-electron chi connectivity index (χ2n) is 5.84. The number of nitrogens with one attached hydrogen (secondary N) is 1. The van der Waals surface area contributed by atoms with E-state index in [2.05, 4.69) is 20.8 Å². The van der Waals surface area contributed by atoms with E-state index in [0.717, 1.165) is 18.4 Å². The van der Waals surface area contributed by atoms with Gasteiger partial charge in [0.25, 0.3) is 5.91 Å². The van der Waals surface area contributed by atoms with Gasteiger partial charge in [0.2, 0.25) is 0 Å². The first-order valence-electron chi connectivity index (χ1n) is 7.76. The third-order valence-corrected chi connectivity index (χ3v) is 4.83. The molecule has 8 heteroatoms. The normalized spacial score (nSPS) is 13.7. The number of nitrogens with zero attached hydrogens (tertiary/aromatic N) is 4. The van der Waals surface area contributed by atoms with Gasteiger partial charge >= 0.3 is 0 Å². The molecule has 0 spiro atoms. The van der Waals surface area contributed by atoms with Crippen molar-refractivity contribution in [2.45, 2.75) is 18.9 Å². The first-order chi connectivity index (χ1) is 12.1. The highest BCUT2D eigenvalue weighted by atomic mass is 127. The molecule has 1 aliphatic rings. The molecule has 0 aliphatic heterocycles. The molecule has 25 heavy (non-hydrogen) atoms. The summed E-state index contributed by atoms with van der Waals surface area (Å²) in [4.78, 5) is 12.4. The molecule has 126 valence electrons. The van der Waals surface area contributed by atoms with E-state index in [1.54, 1.807) is 6.07 Å². The van der Waals surface area contributed by atoms with Gasteiger partial charge in [-0.05, 0) is 76.2 Å². The number of benzene rings is 2. The van der Waals surface area contributed by atoms with Gasteiger partial charge in [-0.25, -0.2) is 9.07 Å². The Bertz CT molecular complexity index is 954. The van der Waals surface area contributed by atoms with Crippen LogP contribution in [0.25, 0.3) is 11.4 Å². The summed E-state index contributed by atoms with van der Waals surface area (Å²) in [5.74, 6) is 0.0353. The molecule has 0 bridgehead atoms. The molecule has 0 atom stereocenters. The summed E-state index contributed by atoms with van der Waals surface area (Å²) in [5, 5.41) is 14.7. The average Bonchev–Trinajstić information content (AvgIpc) is 3.31. The zero-order valence-corrected chi connectivity index (χ0v) is 15.1. The molecule has 1 heterocycles. The summed E-state index contributed by atoms with van der Waals surface area (Å²) in [6.07, 6.45) is 2.16. The molecular weight excluding hydrogens is 436 g/mol. The monoisotopic (exact) mass is 449 g/mol.